The zero-order valence-electron chi connectivity index (χ0n) is 15.8. The molecule has 0 aromatic heterocycles. The molecular formula is C20H19Cl2N3O3S. The molecule has 1 atom stereocenters. The molecule has 29 heavy (non-hydrogen) atoms. The number of anilines is 1. The number of hydrogen-bond donors (Lipinski definition) is 1. The summed E-state index contributed by atoms with van der Waals surface area (Å²) >= 11 is 13.3. The van der Waals surface area contributed by atoms with E-state index in [9.17, 15) is 9.59 Å². The summed E-state index contributed by atoms with van der Waals surface area (Å²) in [4.78, 5) is 31.2. The number of benzene rings is 2. The maximum absolute atomic E-state index is 12.7. The quantitative estimate of drug-likeness (QED) is 0.671. The molecule has 1 heterocycles. The van der Waals surface area contributed by atoms with Crippen LogP contribution in [0.15, 0.2) is 47.5 Å². The van der Waals surface area contributed by atoms with Gasteiger partial charge in [-0.2, -0.15) is 0 Å². The predicted molar refractivity (Wildman–Crippen MR) is 119 cm³/mol. The largest absolute Gasteiger partial charge is 0.497 e. The Bertz CT molecular complexity index is 930. The highest BCUT2D eigenvalue weighted by Gasteiger charge is 2.38. The second-order valence-electron chi connectivity index (χ2n) is 6.19. The van der Waals surface area contributed by atoms with E-state index in [2.05, 4.69) is 10.3 Å². The van der Waals surface area contributed by atoms with Gasteiger partial charge in [-0.3, -0.25) is 14.5 Å². The number of nitrogens with zero attached hydrogens (tertiary/aromatic N) is 2. The maximum Gasteiger partial charge on any atom is 0.242 e. The van der Waals surface area contributed by atoms with Crippen molar-refractivity contribution in [1.82, 2.24) is 4.90 Å². The minimum absolute atomic E-state index is 0.0430. The predicted octanol–water partition coefficient (Wildman–Crippen LogP) is 4.98. The molecule has 2 aromatic rings. The summed E-state index contributed by atoms with van der Waals surface area (Å²) in [6, 6.07) is 12.0. The summed E-state index contributed by atoms with van der Waals surface area (Å²) in [7, 11) is 1.58. The third-order valence-corrected chi connectivity index (χ3v) is 5.76. The van der Waals surface area contributed by atoms with Gasteiger partial charge in [-0.1, -0.05) is 35.0 Å². The van der Waals surface area contributed by atoms with Crippen LogP contribution in [0.5, 0.6) is 5.75 Å². The van der Waals surface area contributed by atoms with E-state index in [-0.39, 0.29) is 18.2 Å². The van der Waals surface area contributed by atoms with Crippen molar-refractivity contribution in [2.24, 2.45) is 4.99 Å². The number of nitrogens with one attached hydrogen (secondary N) is 1. The molecule has 0 bridgehead atoms. The minimum Gasteiger partial charge on any atom is -0.497 e. The highest BCUT2D eigenvalue weighted by Crippen LogP contribution is 2.33. The van der Waals surface area contributed by atoms with Crippen LogP contribution in [0.4, 0.5) is 11.4 Å². The molecule has 1 unspecified atom stereocenters. The molecule has 1 N–H and O–H groups in total. The topological polar surface area (TPSA) is 71.0 Å². The monoisotopic (exact) mass is 451 g/mol. The van der Waals surface area contributed by atoms with E-state index in [4.69, 9.17) is 27.9 Å². The number of rotatable bonds is 6. The van der Waals surface area contributed by atoms with Gasteiger partial charge in [0.05, 0.1) is 12.8 Å². The highest BCUT2D eigenvalue weighted by atomic mass is 35.5. The molecule has 1 saturated heterocycles. The Morgan fingerprint density at radius 2 is 1.86 bits per heavy atom. The molecule has 3 rings (SSSR count). The number of amidine groups is 1. The lowest BCUT2D eigenvalue weighted by atomic mass is 10.2. The highest BCUT2D eigenvalue weighted by molar-refractivity contribution is 8.15. The molecule has 0 aliphatic carbocycles. The van der Waals surface area contributed by atoms with Gasteiger partial charge >= 0.3 is 0 Å². The van der Waals surface area contributed by atoms with Crippen molar-refractivity contribution in [1.29, 1.82) is 0 Å². The van der Waals surface area contributed by atoms with Crippen molar-refractivity contribution in [3.8, 4) is 5.75 Å². The van der Waals surface area contributed by atoms with Gasteiger partial charge in [-0.25, -0.2) is 4.99 Å². The normalized spacial score (nSPS) is 17.7. The van der Waals surface area contributed by atoms with E-state index in [1.807, 2.05) is 6.92 Å². The summed E-state index contributed by atoms with van der Waals surface area (Å²) in [6.45, 7) is 2.31. The first-order valence-electron chi connectivity index (χ1n) is 8.86. The van der Waals surface area contributed by atoms with Gasteiger partial charge in [0.15, 0.2) is 5.17 Å². The van der Waals surface area contributed by atoms with Crippen LogP contribution < -0.4 is 10.1 Å². The number of thioether (sulfide) groups is 1. The van der Waals surface area contributed by atoms with Crippen LogP contribution in [0, 0.1) is 0 Å². The number of halogens is 2. The average Bonchev–Trinajstić information content (AvgIpc) is 2.95. The van der Waals surface area contributed by atoms with Crippen molar-refractivity contribution in [2.45, 2.75) is 18.6 Å². The van der Waals surface area contributed by atoms with Crippen molar-refractivity contribution >= 4 is 63.3 Å². The molecular weight excluding hydrogens is 433 g/mol. The molecule has 6 nitrogen and oxygen atoms in total. The van der Waals surface area contributed by atoms with Crippen molar-refractivity contribution in [3.05, 3.63) is 52.5 Å². The van der Waals surface area contributed by atoms with Crippen molar-refractivity contribution < 1.29 is 14.3 Å². The first kappa shape index (κ1) is 21.5. The fourth-order valence-corrected chi connectivity index (χ4v) is 4.52. The molecule has 0 saturated carbocycles. The van der Waals surface area contributed by atoms with Gasteiger partial charge in [0, 0.05) is 28.7 Å². The van der Waals surface area contributed by atoms with E-state index in [0.29, 0.717) is 38.9 Å². The Labute approximate surface area is 183 Å². The van der Waals surface area contributed by atoms with E-state index < -0.39 is 5.25 Å². The molecule has 152 valence electrons. The number of hydrogen-bond acceptors (Lipinski definition) is 5. The lowest BCUT2D eigenvalue weighted by molar-refractivity contribution is -0.128. The number of carbonyl (C=O) groups is 2. The van der Waals surface area contributed by atoms with Crippen molar-refractivity contribution in [2.75, 3.05) is 19.0 Å². The minimum atomic E-state index is -0.540. The summed E-state index contributed by atoms with van der Waals surface area (Å²) < 4.78 is 5.10. The van der Waals surface area contributed by atoms with Crippen LogP contribution in [-0.4, -0.2) is 40.8 Å². The van der Waals surface area contributed by atoms with Gasteiger partial charge in [-0.15, -0.1) is 0 Å². The molecule has 1 aliphatic heterocycles. The third-order valence-electron chi connectivity index (χ3n) is 4.15. The Morgan fingerprint density at radius 1 is 1.21 bits per heavy atom. The van der Waals surface area contributed by atoms with Gasteiger partial charge in [0.1, 0.15) is 11.0 Å². The number of methoxy groups -OCH3 is 1. The number of amides is 2. The van der Waals surface area contributed by atoms with E-state index in [0.717, 1.165) is 0 Å². The van der Waals surface area contributed by atoms with Gasteiger partial charge in [0.2, 0.25) is 11.8 Å². The molecule has 2 amide bonds. The van der Waals surface area contributed by atoms with Crippen LogP contribution in [-0.2, 0) is 9.59 Å². The first-order chi connectivity index (χ1) is 13.9. The van der Waals surface area contributed by atoms with Crippen LogP contribution >= 0.6 is 35.0 Å². The Kier molecular flexibility index (Phi) is 7.05. The Hall–Kier alpha value is -2.22. The van der Waals surface area contributed by atoms with Gasteiger partial charge in [0.25, 0.3) is 0 Å². The summed E-state index contributed by atoms with van der Waals surface area (Å²) in [5.74, 6) is 0.309. The van der Waals surface area contributed by atoms with Crippen LogP contribution in [0.2, 0.25) is 10.0 Å². The number of carbonyl (C=O) groups excluding carboxylic acids is 2. The standard InChI is InChI=1S/C20H19Cl2N3O3S/c1-3-25-19(27)17(11-18(26)23-14-4-6-16(28-2)7-5-14)29-20(25)24-15-9-12(21)8-13(22)10-15/h4-10,17H,3,11H2,1-2H3,(H,23,26). The summed E-state index contributed by atoms with van der Waals surface area (Å²) in [5.41, 5.74) is 1.20. The second-order valence-corrected chi connectivity index (χ2v) is 8.23. The zero-order valence-corrected chi connectivity index (χ0v) is 18.1. The second kappa shape index (κ2) is 9.52. The molecule has 0 radical (unpaired) electrons. The van der Waals surface area contributed by atoms with E-state index in [1.165, 1.54) is 11.8 Å². The van der Waals surface area contributed by atoms with Crippen LogP contribution in [0.3, 0.4) is 0 Å². The fraction of sp³-hybridized carbons (Fsp3) is 0.250. The Balaban J connectivity index is 1.70. The van der Waals surface area contributed by atoms with Crippen LogP contribution in [0.25, 0.3) is 0 Å². The fourth-order valence-electron chi connectivity index (χ4n) is 2.79. The summed E-state index contributed by atoms with van der Waals surface area (Å²) in [5, 5.41) is 3.71. The SMILES string of the molecule is CCN1C(=O)C(CC(=O)Nc2ccc(OC)cc2)SC1=Nc1cc(Cl)cc(Cl)c1. The molecule has 9 heteroatoms. The van der Waals surface area contributed by atoms with Crippen LogP contribution in [0.1, 0.15) is 13.3 Å². The average molecular weight is 452 g/mol. The lowest BCUT2D eigenvalue weighted by Crippen LogP contribution is -2.33. The number of ether oxygens (including phenoxy) is 1. The third kappa shape index (κ3) is 5.44. The molecule has 1 aliphatic rings. The van der Waals surface area contributed by atoms with Gasteiger partial charge < -0.3 is 10.1 Å². The van der Waals surface area contributed by atoms with E-state index >= 15 is 0 Å². The van der Waals surface area contributed by atoms with Crippen molar-refractivity contribution in [3.63, 3.8) is 0 Å². The smallest absolute Gasteiger partial charge is 0.242 e. The molecule has 1 fully saturated rings. The maximum atomic E-state index is 12.7. The van der Waals surface area contributed by atoms with Gasteiger partial charge in [-0.05, 0) is 49.4 Å². The first-order valence-corrected chi connectivity index (χ1v) is 10.5. The van der Waals surface area contributed by atoms with E-state index in [1.54, 1.807) is 54.5 Å². The molecule has 0 spiro atoms. The Morgan fingerprint density at radius 3 is 2.45 bits per heavy atom. The zero-order chi connectivity index (χ0) is 21.0. The molecule has 2 aromatic carbocycles. The summed E-state index contributed by atoms with van der Waals surface area (Å²) in [6.07, 6.45) is 0.0430. The lowest BCUT2D eigenvalue weighted by Gasteiger charge is -2.13. The number of aliphatic imine (C=N–C) groups is 1.